The number of ether oxygens (including phenoxy) is 1. The van der Waals surface area contributed by atoms with Crippen LogP contribution in [0.15, 0.2) is 36.7 Å². The number of piperazine rings is 1. The number of carbonyl (C=O) groups excluding carboxylic acids is 1. The molecule has 1 aliphatic heterocycles. The zero-order valence-corrected chi connectivity index (χ0v) is 13.6. The van der Waals surface area contributed by atoms with Crippen molar-refractivity contribution in [2.75, 3.05) is 38.2 Å². The molecule has 0 spiro atoms. The van der Waals surface area contributed by atoms with Gasteiger partial charge in [-0.2, -0.15) is 0 Å². The van der Waals surface area contributed by atoms with Gasteiger partial charge in [0, 0.05) is 45.6 Å². The fourth-order valence-corrected chi connectivity index (χ4v) is 2.85. The highest BCUT2D eigenvalue weighted by molar-refractivity contribution is 5.79. The number of nitrogens with zero attached hydrogens (tertiary/aromatic N) is 4. The maximum Gasteiger partial charge on any atom is 0.227 e. The first-order valence-corrected chi connectivity index (χ1v) is 7.80. The number of methoxy groups -OCH3 is 1. The summed E-state index contributed by atoms with van der Waals surface area (Å²) in [4.78, 5) is 21.0. The van der Waals surface area contributed by atoms with Crippen molar-refractivity contribution >= 4 is 11.9 Å². The molecule has 0 atom stereocenters. The number of carbonyl (C=O) groups is 1. The second kappa shape index (κ2) is 6.73. The van der Waals surface area contributed by atoms with Gasteiger partial charge < -0.3 is 19.1 Å². The van der Waals surface area contributed by atoms with Crippen molar-refractivity contribution in [2.45, 2.75) is 6.42 Å². The van der Waals surface area contributed by atoms with Gasteiger partial charge in [-0.1, -0.05) is 12.1 Å². The smallest absolute Gasteiger partial charge is 0.227 e. The van der Waals surface area contributed by atoms with Gasteiger partial charge in [-0.25, -0.2) is 4.98 Å². The highest BCUT2D eigenvalue weighted by atomic mass is 16.5. The van der Waals surface area contributed by atoms with Crippen molar-refractivity contribution in [1.82, 2.24) is 14.5 Å². The van der Waals surface area contributed by atoms with Gasteiger partial charge in [0.05, 0.1) is 13.5 Å². The third kappa shape index (κ3) is 3.47. The Labute approximate surface area is 136 Å². The number of hydrogen-bond acceptors (Lipinski definition) is 4. The van der Waals surface area contributed by atoms with E-state index >= 15 is 0 Å². The quantitative estimate of drug-likeness (QED) is 0.854. The lowest BCUT2D eigenvalue weighted by Crippen LogP contribution is -2.49. The number of benzene rings is 1. The second-order valence-electron chi connectivity index (χ2n) is 5.73. The summed E-state index contributed by atoms with van der Waals surface area (Å²) in [7, 11) is 3.63. The summed E-state index contributed by atoms with van der Waals surface area (Å²) in [6.07, 6.45) is 4.18. The van der Waals surface area contributed by atoms with Crippen LogP contribution in [0.5, 0.6) is 5.75 Å². The minimum atomic E-state index is 0.176. The topological polar surface area (TPSA) is 50.6 Å². The van der Waals surface area contributed by atoms with E-state index in [2.05, 4.69) is 9.88 Å². The van der Waals surface area contributed by atoms with Gasteiger partial charge in [0.25, 0.3) is 0 Å². The summed E-state index contributed by atoms with van der Waals surface area (Å²) in [5.41, 5.74) is 1.02. The minimum absolute atomic E-state index is 0.176. The molecule has 1 saturated heterocycles. The van der Waals surface area contributed by atoms with Crippen LogP contribution in [0, 0.1) is 0 Å². The van der Waals surface area contributed by atoms with Gasteiger partial charge >= 0.3 is 0 Å². The molecule has 0 aliphatic carbocycles. The minimum Gasteiger partial charge on any atom is -0.497 e. The molecule has 0 saturated carbocycles. The fraction of sp³-hybridized carbons (Fsp3) is 0.412. The van der Waals surface area contributed by atoms with Crippen LogP contribution in [-0.4, -0.2) is 53.6 Å². The van der Waals surface area contributed by atoms with Crippen LogP contribution >= 0.6 is 0 Å². The number of rotatable bonds is 4. The molecule has 0 radical (unpaired) electrons. The zero-order valence-electron chi connectivity index (χ0n) is 13.6. The molecule has 1 aliphatic rings. The molecule has 0 unspecified atom stereocenters. The van der Waals surface area contributed by atoms with Gasteiger partial charge in [-0.05, 0) is 17.7 Å². The van der Waals surface area contributed by atoms with Gasteiger partial charge in [0.15, 0.2) is 0 Å². The Kier molecular flexibility index (Phi) is 4.50. The normalized spacial score (nSPS) is 14.9. The zero-order chi connectivity index (χ0) is 16.2. The molecule has 1 aromatic heterocycles. The summed E-state index contributed by atoms with van der Waals surface area (Å²) in [5.74, 6) is 1.95. The summed E-state index contributed by atoms with van der Waals surface area (Å²) < 4.78 is 7.15. The highest BCUT2D eigenvalue weighted by Crippen LogP contribution is 2.15. The lowest BCUT2D eigenvalue weighted by Gasteiger charge is -2.35. The molecule has 2 heterocycles. The Hall–Kier alpha value is -2.50. The van der Waals surface area contributed by atoms with Gasteiger partial charge in [0.1, 0.15) is 5.75 Å². The molecule has 1 aromatic carbocycles. The van der Waals surface area contributed by atoms with Crippen molar-refractivity contribution in [3.63, 3.8) is 0 Å². The summed E-state index contributed by atoms with van der Waals surface area (Å²) in [6, 6.07) is 7.67. The summed E-state index contributed by atoms with van der Waals surface area (Å²) in [5, 5.41) is 0. The van der Waals surface area contributed by atoms with Crippen molar-refractivity contribution in [1.29, 1.82) is 0 Å². The van der Waals surface area contributed by atoms with Crippen LogP contribution in [0.1, 0.15) is 5.56 Å². The third-order valence-corrected chi connectivity index (χ3v) is 4.23. The predicted octanol–water partition coefficient (Wildman–Crippen LogP) is 1.32. The average Bonchev–Trinajstić information content (AvgIpc) is 3.02. The third-order valence-electron chi connectivity index (χ3n) is 4.23. The number of amides is 1. The number of aryl methyl sites for hydroxylation is 1. The molecule has 6 nitrogen and oxygen atoms in total. The van der Waals surface area contributed by atoms with Crippen LogP contribution in [0.2, 0.25) is 0 Å². The van der Waals surface area contributed by atoms with Crippen LogP contribution in [0.25, 0.3) is 0 Å². The number of aromatic nitrogens is 2. The standard InChI is InChI=1S/C17H22N4O2/c1-19-8-7-18-17(19)21-11-9-20(10-12-21)16(22)13-14-3-5-15(23-2)6-4-14/h3-8H,9-13H2,1-2H3. The van der Waals surface area contributed by atoms with E-state index < -0.39 is 0 Å². The molecule has 2 aromatic rings. The number of imidazole rings is 1. The van der Waals surface area contributed by atoms with Crippen molar-refractivity contribution in [2.24, 2.45) is 7.05 Å². The Bertz CT molecular complexity index is 657. The van der Waals surface area contributed by atoms with Gasteiger partial charge in [0.2, 0.25) is 11.9 Å². The Morgan fingerprint density at radius 1 is 1.17 bits per heavy atom. The van der Waals surface area contributed by atoms with Crippen LogP contribution in [-0.2, 0) is 18.3 Å². The van der Waals surface area contributed by atoms with Crippen LogP contribution < -0.4 is 9.64 Å². The van der Waals surface area contributed by atoms with Crippen molar-refractivity contribution in [3.05, 3.63) is 42.2 Å². The van der Waals surface area contributed by atoms with E-state index in [-0.39, 0.29) is 5.91 Å². The number of hydrogen-bond donors (Lipinski definition) is 0. The van der Waals surface area contributed by atoms with E-state index in [4.69, 9.17) is 4.74 Å². The van der Waals surface area contributed by atoms with E-state index in [1.165, 1.54) is 0 Å². The van der Waals surface area contributed by atoms with Gasteiger partial charge in [-0.3, -0.25) is 4.79 Å². The van der Waals surface area contributed by atoms with E-state index in [1.807, 2.05) is 47.0 Å². The van der Waals surface area contributed by atoms with Crippen molar-refractivity contribution in [3.8, 4) is 5.75 Å². The highest BCUT2D eigenvalue weighted by Gasteiger charge is 2.22. The molecule has 3 rings (SSSR count). The van der Waals surface area contributed by atoms with Crippen molar-refractivity contribution < 1.29 is 9.53 Å². The Morgan fingerprint density at radius 2 is 1.87 bits per heavy atom. The summed E-state index contributed by atoms with van der Waals surface area (Å²) in [6.45, 7) is 3.11. The maximum absolute atomic E-state index is 12.4. The largest absolute Gasteiger partial charge is 0.497 e. The molecule has 1 amide bonds. The monoisotopic (exact) mass is 314 g/mol. The predicted molar refractivity (Wildman–Crippen MR) is 88.7 cm³/mol. The molecule has 23 heavy (non-hydrogen) atoms. The maximum atomic E-state index is 12.4. The lowest BCUT2D eigenvalue weighted by molar-refractivity contribution is -0.130. The van der Waals surface area contributed by atoms with E-state index in [0.717, 1.165) is 43.4 Å². The molecular formula is C17H22N4O2. The van der Waals surface area contributed by atoms with Gasteiger partial charge in [-0.15, -0.1) is 0 Å². The number of anilines is 1. The fourth-order valence-electron chi connectivity index (χ4n) is 2.85. The Balaban J connectivity index is 1.54. The second-order valence-corrected chi connectivity index (χ2v) is 5.73. The average molecular weight is 314 g/mol. The lowest BCUT2D eigenvalue weighted by atomic mass is 10.1. The molecule has 6 heteroatoms. The molecule has 0 N–H and O–H groups in total. The van der Waals surface area contributed by atoms with Crippen LogP contribution in [0.3, 0.4) is 0 Å². The first kappa shape index (κ1) is 15.4. The SMILES string of the molecule is COc1ccc(CC(=O)N2CCN(c3nccn3C)CC2)cc1. The molecule has 0 bridgehead atoms. The van der Waals surface area contributed by atoms with E-state index in [1.54, 1.807) is 13.3 Å². The first-order chi connectivity index (χ1) is 11.2. The molecular weight excluding hydrogens is 292 g/mol. The Morgan fingerprint density at radius 3 is 2.43 bits per heavy atom. The van der Waals surface area contributed by atoms with E-state index in [0.29, 0.717) is 6.42 Å². The van der Waals surface area contributed by atoms with Crippen LogP contribution in [0.4, 0.5) is 5.95 Å². The molecule has 1 fully saturated rings. The summed E-state index contributed by atoms with van der Waals surface area (Å²) >= 11 is 0. The first-order valence-electron chi connectivity index (χ1n) is 7.80. The van der Waals surface area contributed by atoms with E-state index in [9.17, 15) is 4.79 Å². The molecule has 122 valence electrons.